The second-order valence-electron chi connectivity index (χ2n) is 5.80. The maximum Gasteiger partial charge on any atom is 0.260 e. The van der Waals surface area contributed by atoms with Crippen LogP contribution < -0.4 is 5.32 Å². The molecule has 0 fully saturated rings. The van der Waals surface area contributed by atoms with E-state index in [-0.39, 0.29) is 5.91 Å². The van der Waals surface area contributed by atoms with Gasteiger partial charge in [0, 0.05) is 54.0 Å². The first kappa shape index (κ1) is 15.1. The molecule has 0 atom stereocenters. The lowest BCUT2D eigenvalue weighted by atomic mass is 10.2. The second kappa shape index (κ2) is 5.86. The van der Waals surface area contributed by atoms with E-state index < -0.39 is 0 Å². The molecule has 0 aliphatic rings. The Hall–Kier alpha value is -3.48. The molecular weight excluding hydrogens is 316 g/mol. The number of rotatable bonds is 3. The Bertz CT molecular complexity index is 1060. The monoisotopic (exact) mass is 332 g/mol. The van der Waals surface area contributed by atoms with Gasteiger partial charge in [-0.15, -0.1) is 0 Å². The summed E-state index contributed by atoms with van der Waals surface area (Å²) in [6, 6.07) is 7.72. The van der Waals surface area contributed by atoms with E-state index in [0.717, 1.165) is 27.9 Å². The largest absolute Gasteiger partial charge is 0.354 e. The van der Waals surface area contributed by atoms with Crippen molar-refractivity contribution >= 4 is 22.6 Å². The van der Waals surface area contributed by atoms with Crippen LogP contribution in [0.4, 0.5) is 5.82 Å². The third kappa shape index (κ3) is 2.76. The zero-order chi connectivity index (χ0) is 17.4. The number of aromatic nitrogens is 5. The van der Waals surface area contributed by atoms with Gasteiger partial charge in [-0.1, -0.05) is 0 Å². The van der Waals surface area contributed by atoms with E-state index in [2.05, 4.69) is 25.4 Å². The van der Waals surface area contributed by atoms with Crippen LogP contribution in [0.25, 0.3) is 22.2 Å². The molecule has 0 spiro atoms. The highest BCUT2D eigenvalue weighted by Crippen LogP contribution is 2.24. The van der Waals surface area contributed by atoms with E-state index >= 15 is 0 Å². The maximum atomic E-state index is 12.4. The highest BCUT2D eigenvalue weighted by Gasteiger charge is 2.14. The quantitative estimate of drug-likeness (QED) is 0.604. The predicted octanol–water partition coefficient (Wildman–Crippen LogP) is 2.92. The first-order chi connectivity index (χ1) is 12.1. The molecule has 0 saturated carbocycles. The highest BCUT2D eigenvalue weighted by molar-refractivity contribution is 6.05. The number of carbonyl (C=O) groups excluding carboxylic acids is 1. The van der Waals surface area contributed by atoms with Crippen molar-refractivity contribution in [3.8, 4) is 11.3 Å². The van der Waals surface area contributed by atoms with E-state index in [9.17, 15) is 4.79 Å². The zero-order valence-electron chi connectivity index (χ0n) is 13.8. The van der Waals surface area contributed by atoms with Gasteiger partial charge in [-0.2, -0.15) is 5.10 Å². The van der Waals surface area contributed by atoms with Crippen LogP contribution in [0.1, 0.15) is 16.1 Å². The van der Waals surface area contributed by atoms with Gasteiger partial charge in [-0.25, -0.2) is 4.98 Å². The molecule has 0 aliphatic heterocycles. The number of amides is 1. The number of hydrogen-bond acceptors (Lipinski definition) is 4. The molecule has 1 amide bonds. The fourth-order valence-corrected chi connectivity index (χ4v) is 2.69. The average Bonchev–Trinajstić information content (AvgIpc) is 3.19. The molecule has 0 radical (unpaired) electrons. The summed E-state index contributed by atoms with van der Waals surface area (Å²) in [5.74, 6) is 0.266. The lowest BCUT2D eigenvalue weighted by Gasteiger charge is -2.04. The third-order valence-electron chi connectivity index (χ3n) is 4.22. The number of nitrogens with zero attached hydrogens (tertiary/aromatic N) is 4. The van der Waals surface area contributed by atoms with E-state index in [1.807, 2.05) is 31.2 Å². The maximum absolute atomic E-state index is 12.4. The SMILES string of the molecule is Cc1c(C(=O)Nc2cc3[nH]c(-c4ccncc4)cc3cn2)cnn1C. The van der Waals surface area contributed by atoms with Crippen LogP contribution in [0.5, 0.6) is 0 Å². The van der Waals surface area contributed by atoms with Crippen LogP contribution in [0, 0.1) is 6.92 Å². The molecule has 0 saturated heterocycles. The lowest BCUT2D eigenvalue weighted by Crippen LogP contribution is -2.13. The van der Waals surface area contributed by atoms with Crippen LogP contribution in [-0.4, -0.2) is 30.6 Å². The Balaban J connectivity index is 1.63. The van der Waals surface area contributed by atoms with Gasteiger partial charge in [-0.05, 0) is 25.1 Å². The van der Waals surface area contributed by atoms with Crippen molar-refractivity contribution in [1.29, 1.82) is 0 Å². The predicted molar refractivity (Wildman–Crippen MR) is 95.2 cm³/mol. The topological polar surface area (TPSA) is 88.5 Å². The molecule has 0 aliphatic carbocycles. The van der Waals surface area contributed by atoms with Crippen LogP contribution in [0.3, 0.4) is 0 Å². The minimum absolute atomic E-state index is 0.224. The fourth-order valence-electron chi connectivity index (χ4n) is 2.69. The average molecular weight is 332 g/mol. The van der Waals surface area contributed by atoms with E-state index in [1.165, 1.54) is 0 Å². The van der Waals surface area contributed by atoms with Gasteiger partial charge in [-0.3, -0.25) is 14.5 Å². The fraction of sp³-hybridized carbons (Fsp3) is 0.111. The summed E-state index contributed by atoms with van der Waals surface area (Å²) in [5, 5.41) is 7.88. The summed E-state index contributed by atoms with van der Waals surface area (Å²) in [7, 11) is 1.80. The number of anilines is 1. The van der Waals surface area contributed by atoms with Gasteiger partial charge in [0.2, 0.25) is 0 Å². The van der Waals surface area contributed by atoms with E-state index in [0.29, 0.717) is 11.4 Å². The molecular formula is C18H16N6O. The number of fused-ring (bicyclic) bond motifs is 1. The summed E-state index contributed by atoms with van der Waals surface area (Å²) in [6.45, 7) is 1.85. The molecule has 25 heavy (non-hydrogen) atoms. The van der Waals surface area contributed by atoms with Gasteiger partial charge >= 0.3 is 0 Å². The van der Waals surface area contributed by atoms with Crippen LogP contribution in [0.2, 0.25) is 0 Å². The number of H-pyrrole nitrogens is 1. The van der Waals surface area contributed by atoms with Gasteiger partial charge in [0.05, 0.1) is 17.3 Å². The molecule has 124 valence electrons. The molecule has 7 heteroatoms. The molecule has 0 bridgehead atoms. The molecule has 4 rings (SSSR count). The molecule has 7 nitrogen and oxygen atoms in total. The third-order valence-corrected chi connectivity index (χ3v) is 4.22. The lowest BCUT2D eigenvalue weighted by molar-refractivity contribution is 0.102. The van der Waals surface area contributed by atoms with Gasteiger partial charge in [0.15, 0.2) is 0 Å². The summed E-state index contributed by atoms with van der Waals surface area (Å²) in [6.07, 6.45) is 6.80. The first-order valence-corrected chi connectivity index (χ1v) is 7.81. The number of carbonyl (C=O) groups is 1. The van der Waals surface area contributed by atoms with Crippen molar-refractivity contribution in [2.24, 2.45) is 7.05 Å². The van der Waals surface area contributed by atoms with Crippen LogP contribution in [-0.2, 0) is 7.05 Å². The summed E-state index contributed by atoms with van der Waals surface area (Å²) in [4.78, 5) is 24.1. The van der Waals surface area contributed by atoms with E-state index in [4.69, 9.17) is 0 Å². The summed E-state index contributed by atoms with van der Waals surface area (Å²) in [5.41, 5.74) is 4.26. The molecule has 4 heterocycles. The Morgan fingerprint density at radius 1 is 1.20 bits per heavy atom. The van der Waals surface area contributed by atoms with Crippen molar-refractivity contribution < 1.29 is 4.79 Å². The van der Waals surface area contributed by atoms with Crippen molar-refractivity contribution in [2.45, 2.75) is 6.92 Å². The normalized spacial score (nSPS) is 11.0. The number of nitrogens with one attached hydrogen (secondary N) is 2. The van der Waals surface area contributed by atoms with Crippen LogP contribution in [0.15, 0.2) is 49.1 Å². The van der Waals surface area contributed by atoms with Gasteiger partial charge in [0.25, 0.3) is 5.91 Å². The van der Waals surface area contributed by atoms with Gasteiger partial charge < -0.3 is 10.3 Å². The Kier molecular flexibility index (Phi) is 3.53. The number of hydrogen-bond donors (Lipinski definition) is 2. The van der Waals surface area contributed by atoms with E-state index in [1.54, 1.807) is 36.5 Å². The standard InChI is InChI=1S/C18H16N6O/c1-11-14(10-21-24(11)2)18(25)23-17-8-16-13(9-20-17)7-15(22-16)12-3-5-19-6-4-12/h3-10,22H,1-2H3,(H,20,23,25). The Labute approximate surface area is 143 Å². The number of pyridine rings is 2. The molecule has 0 aromatic carbocycles. The summed E-state index contributed by atoms with van der Waals surface area (Å²) < 4.78 is 1.66. The molecule has 2 N–H and O–H groups in total. The zero-order valence-corrected chi connectivity index (χ0v) is 13.8. The molecule has 4 aromatic rings. The van der Waals surface area contributed by atoms with Crippen molar-refractivity contribution in [3.63, 3.8) is 0 Å². The minimum atomic E-state index is -0.224. The Morgan fingerprint density at radius 3 is 2.72 bits per heavy atom. The smallest absolute Gasteiger partial charge is 0.260 e. The summed E-state index contributed by atoms with van der Waals surface area (Å²) >= 11 is 0. The number of aryl methyl sites for hydroxylation is 1. The second-order valence-corrected chi connectivity index (χ2v) is 5.80. The number of aromatic amines is 1. The van der Waals surface area contributed by atoms with Crippen LogP contribution >= 0.6 is 0 Å². The van der Waals surface area contributed by atoms with Crippen molar-refractivity contribution in [2.75, 3.05) is 5.32 Å². The van der Waals surface area contributed by atoms with Gasteiger partial charge in [0.1, 0.15) is 5.82 Å². The minimum Gasteiger partial charge on any atom is -0.354 e. The highest BCUT2D eigenvalue weighted by atomic mass is 16.1. The molecule has 0 unspecified atom stereocenters. The van der Waals surface area contributed by atoms with Crippen molar-refractivity contribution in [1.82, 2.24) is 24.7 Å². The first-order valence-electron chi connectivity index (χ1n) is 7.81. The van der Waals surface area contributed by atoms with Crippen molar-refractivity contribution in [3.05, 3.63) is 60.3 Å². The Morgan fingerprint density at radius 2 is 2.00 bits per heavy atom. The molecule has 4 aromatic heterocycles.